The fraction of sp³-hybridized carbons (Fsp3) is 0.273. The van der Waals surface area contributed by atoms with Gasteiger partial charge < -0.3 is 0 Å². The van der Waals surface area contributed by atoms with Crippen molar-refractivity contribution in [3.63, 3.8) is 0 Å². The molecule has 0 saturated carbocycles. The summed E-state index contributed by atoms with van der Waals surface area (Å²) in [6.45, 7) is 1.80. The van der Waals surface area contributed by atoms with E-state index in [0.717, 1.165) is 5.56 Å². The molecule has 2 aromatic rings. The van der Waals surface area contributed by atoms with E-state index in [4.69, 9.17) is 11.6 Å². The lowest BCUT2D eigenvalue weighted by molar-refractivity contribution is -0.384. The first-order valence-corrected chi connectivity index (χ1v) is 5.88. The Morgan fingerprint density at radius 1 is 1.50 bits per heavy atom. The molecular weight excluding hydrogens is 256 g/mol. The average Bonchev–Trinajstić information content (AvgIpc) is 2.78. The Kier molecular flexibility index (Phi) is 3.57. The van der Waals surface area contributed by atoms with Crippen LogP contribution in [0.25, 0.3) is 5.69 Å². The number of rotatable bonds is 4. The van der Waals surface area contributed by atoms with Gasteiger partial charge in [0.25, 0.3) is 5.69 Å². The molecule has 0 atom stereocenters. The van der Waals surface area contributed by atoms with Crippen molar-refractivity contribution in [1.29, 1.82) is 0 Å². The van der Waals surface area contributed by atoms with Crippen LogP contribution in [0.5, 0.6) is 0 Å². The van der Waals surface area contributed by atoms with Gasteiger partial charge in [-0.2, -0.15) is 0 Å². The van der Waals surface area contributed by atoms with Crippen molar-refractivity contribution in [3.05, 3.63) is 45.8 Å². The van der Waals surface area contributed by atoms with Crippen molar-refractivity contribution in [3.8, 4) is 5.69 Å². The summed E-state index contributed by atoms with van der Waals surface area (Å²) in [5.41, 5.74) is 1.95. The van der Waals surface area contributed by atoms with Gasteiger partial charge in [-0.3, -0.25) is 10.1 Å². The number of nitro benzene ring substituents is 1. The van der Waals surface area contributed by atoms with E-state index < -0.39 is 4.92 Å². The number of nitro groups is 1. The molecule has 0 unspecified atom stereocenters. The van der Waals surface area contributed by atoms with Crippen molar-refractivity contribution in [2.75, 3.05) is 5.88 Å². The number of aromatic nitrogens is 3. The highest BCUT2D eigenvalue weighted by Crippen LogP contribution is 2.23. The second-order valence-electron chi connectivity index (χ2n) is 3.84. The van der Waals surface area contributed by atoms with Crippen LogP contribution in [0.1, 0.15) is 11.3 Å². The van der Waals surface area contributed by atoms with Crippen LogP contribution in [-0.4, -0.2) is 25.8 Å². The Labute approximate surface area is 108 Å². The zero-order valence-electron chi connectivity index (χ0n) is 9.71. The van der Waals surface area contributed by atoms with Gasteiger partial charge in [0.1, 0.15) is 5.69 Å². The Hall–Kier alpha value is -1.95. The SMILES string of the molecule is Cc1ccc(-n2cc(CCCl)nn2)c([N+](=O)[O-])c1. The first-order chi connectivity index (χ1) is 8.61. The van der Waals surface area contributed by atoms with E-state index in [1.807, 2.05) is 0 Å². The maximum Gasteiger partial charge on any atom is 0.295 e. The zero-order chi connectivity index (χ0) is 13.1. The average molecular weight is 267 g/mol. The molecule has 94 valence electrons. The number of nitrogens with zero attached hydrogens (tertiary/aromatic N) is 4. The molecule has 0 bridgehead atoms. The third-order valence-corrected chi connectivity index (χ3v) is 2.65. The number of hydrogen-bond acceptors (Lipinski definition) is 4. The summed E-state index contributed by atoms with van der Waals surface area (Å²) in [5, 5.41) is 18.8. The fourth-order valence-electron chi connectivity index (χ4n) is 1.60. The lowest BCUT2D eigenvalue weighted by atomic mass is 10.2. The highest BCUT2D eigenvalue weighted by atomic mass is 35.5. The summed E-state index contributed by atoms with van der Waals surface area (Å²) in [6, 6.07) is 4.97. The standard InChI is InChI=1S/C11H11ClN4O2/c1-8-2-3-10(11(6-8)16(17)18)15-7-9(4-5-12)13-14-15/h2-3,6-7H,4-5H2,1H3. The minimum absolute atomic E-state index is 0.0114. The molecule has 6 nitrogen and oxygen atoms in total. The predicted molar refractivity (Wildman–Crippen MR) is 67.2 cm³/mol. The molecule has 0 aliphatic rings. The lowest BCUT2D eigenvalue weighted by Crippen LogP contribution is -2.01. The van der Waals surface area contributed by atoms with E-state index in [0.29, 0.717) is 23.7 Å². The molecule has 0 fully saturated rings. The molecule has 1 heterocycles. The van der Waals surface area contributed by atoms with Crippen LogP contribution < -0.4 is 0 Å². The van der Waals surface area contributed by atoms with Crippen LogP contribution >= 0.6 is 11.6 Å². The van der Waals surface area contributed by atoms with Gasteiger partial charge in [-0.25, -0.2) is 4.68 Å². The summed E-state index contributed by atoms with van der Waals surface area (Å²) >= 11 is 5.61. The molecule has 0 spiro atoms. The highest BCUT2D eigenvalue weighted by Gasteiger charge is 2.16. The second-order valence-corrected chi connectivity index (χ2v) is 4.22. The third-order valence-electron chi connectivity index (χ3n) is 2.47. The monoisotopic (exact) mass is 266 g/mol. The number of benzene rings is 1. The van der Waals surface area contributed by atoms with Crippen LogP contribution in [0.4, 0.5) is 5.69 Å². The molecule has 7 heteroatoms. The molecule has 1 aromatic carbocycles. The van der Waals surface area contributed by atoms with Gasteiger partial charge in [0, 0.05) is 18.4 Å². The minimum Gasteiger partial charge on any atom is -0.258 e. The van der Waals surface area contributed by atoms with Crippen LogP contribution in [0, 0.1) is 17.0 Å². The van der Waals surface area contributed by atoms with Gasteiger partial charge in [0.05, 0.1) is 16.8 Å². The minimum atomic E-state index is -0.425. The Morgan fingerprint density at radius 2 is 2.28 bits per heavy atom. The van der Waals surface area contributed by atoms with E-state index in [-0.39, 0.29) is 5.69 Å². The molecule has 0 amide bonds. The van der Waals surface area contributed by atoms with Crippen molar-refractivity contribution >= 4 is 17.3 Å². The maximum absolute atomic E-state index is 11.0. The largest absolute Gasteiger partial charge is 0.295 e. The lowest BCUT2D eigenvalue weighted by Gasteiger charge is -2.02. The topological polar surface area (TPSA) is 73.8 Å². The van der Waals surface area contributed by atoms with Gasteiger partial charge >= 0.3 is 0 Å². The molecule has 0 aliphatic heterocycles. The van der Waals surface area contributed by atoms with Crippen molar-refractivity contribution < 1.29 is 4.92 Å². The van der Waals surface area contributed by atoms with Crippen molar-refractivity contribution in [1.82, 2.24) is 15.0 Å². The summed E-state index contributed by atoms with van der Waals surface area (Å²) < 4.78 is 1.40. The van der Waals surface area contributed by atoms with Crippen molar-refractivity contribution in [2.45, 2.75) is 13.3 Å². The normalized spacial score (nSPS) is 10.6. The summed E-state index contributed by atoms with van der Waals surface area (Å²) in [4.78, 5) is 10.6. The summed E-state index contributed by atoms with van der Waals surface area (Å²) in [7, 11) is 0. The maximum atomic E-state index is 11.0. The number of aryl methyl sites for hydroxylation is 2. The van der Waals surface area contributed by atoms with E-state index in [2.05, 4.69) is 10.3 Å². The Balaban J connectivity index is 2.45. The quantitative estimate of drug-likeness (QED) is 0.483. The van der Waals surface area contributed by atoms with Crippen LogP contribution in [0.3, 0.4) is 0 Å². The Bertz CT molecular complexity index is 582. The molecule has 0 N–H and O–H groups in total. The first-order valence-electron chi connectivity index (χ1n) is 5.34. The molecule has 2 rings (SSSR count). The second kappa shape index (κ2) is 5.14. The third kappa shape index (κ3) is 2.48. The van der Waals surface area contributed by atoms with Crippen LogP contribution in [0.2, 0.25) is 0 Å². The molecule has 1 aromatic heterocycles. The zero-order valence-corrected chi connectivity index (χ0v) is 10.5. The predicted octanol–water partition coefficient (Wildman–Crippen LogP) is 2.27. The number of alkyl halides is 1. The molecule has 0 radical (unpaired) electrons. The highest BCUT2D eigenvalue weighted by molar-refractivity contribution is 6.17. The smallest absolute Gasteiger partial charge is 0.258 e. The van der Waals surface area contributed by atoms with Gasteiger partial charge in [-0.1, -0.05) is 11.3 Å². The summed E-state index contributed by atoms with van der Waals surface area (Å²) in [6.07, 6.45) is 2.24. The number of hydrogen-bond donors (Lipinski definition) is 0. The summed E-state index contributed by atoms with van der Waals surface area (Å²) in [5.74, 6) is 0.439. The van der Waals surface area contributed by atoms with E-state index in [1.54, 1.807) is 25.3 Å². The number of halogens is 1. The molecular formula is C11H11ClN4O2. The van der Waals surface area contributed by atoms with Crippen LogP contribution in [-0.2, 0) is 6.42 Å². The van der Waals surface area contributed by atoms with E-state index >= 15 is 0 Å². The van der Waals surface area contributed by atoms with E-state index in [9.17, 15) is 10.1 Å². The van der Waals surface area contributed by atoms with Crippen molar-refractivity contribution in [2.24, 2.45) is 0 Å². The van der Waals surface area contributed by atoms with Gasteiger partial charge in [-0.05, 0) is 18.6 Å². The van der Waals surface area contributed by atoms with Gasteiger partial charge in [0.15, 0.2) is 0 Å². The molecule has 18 heavy (non-hydrogen) atoms. The first kappa shape index (κ1) is 12.5. The van der Waals surface area contributed by atoms with Crippen LogP contribution in [0.15, 0.2) is 24.4 Å². The fourth-order valence-corrected chi connectivity index (χ4v) is 1.79. The van der Waals surface area contributed by atoms with Gasteiger partial charge in [-0.15, -0.1) is 16.7 Å². The molecule has 0 aliphatic carbocycles. The van der Waals surface area contributed by atoms with E-state index in [1.165, 1.54) is 10.7 Å². The molecule has 0 saturated heterocycles. The van der Waals surface area contributed by atoms with Gasteiger partial charge in [0.2, 0.25) is 0 Å². The Morgan fingerprint density at radius 3 is 2.94 bits per heavy atom.